The molecule has 1 saturated carbocycles. The van der Waals surface area contributed by atoms with Crippen molar-refractivity contribution in [2.45, 2.75) is 57.9 Å². The van der Waals surface area contributed by atoms with Crippen LogP contribution < -0.4 is 5.73 Å². The molecule has 8 heteroatoms. The number of nitrogens with one attached hydrogen (secondary N) is 1. The molecule has 8 nitrogen and oxygen atoms in total. The lowest BCUT2D eigenvalue weighted by atomic mass is 9.81. The molecule has 0 radical (unpaired) electrons. The van der Waals surface area contributed by atoms with Crippen molar-refractivity contribution in [3.05, 3.63) is 65.7 Å². The van der Waals surface area contributed by atoms with Crippen LogP contribution in [0.1, 0.15) is 62.2 Å². The molecule has 4 aromatic rings. The van der Waals surface area contributed by atoms with Crippen molar-refractivity contribution >= 4 is 0 Å². The fraction of sp³-hybridized carbons (Fsp3) is 0.423. The zero-order chi connectivity index (χ0) is 23.3. The molecule has 34 heavy (non-hydrogen) atoms. The number of aromatic amines is 1. The molecule has 0 unspecified atom stereocenters. The Bertz CT molecular complexity index is 1190. The van der Waals surface area contributed by atoms with E-state index in [0.717, 1.165) is 67.1 Å². The van der Waals surface area contributed by atoms with Crippen LogP contribution in [0.15, 0.2) is 48.5 Å². The van der Waals surface area contributed by atoms with E-state index in [4.69, 9.17) is 15.8 Å². The predicted molar refractivity (Wildman–Crippen MR) is 132 cm³/mol. The molecule has 0 spiro atoms. The Morgan fingerprint density at radius 1 is 1.00 bits per heavy atom. The van der Waals surface area contributed by atoms with Crippen LogP contribution in [0.5, 0.6) is 0 Å². The number of rotatable bonds is 8. The SMILES string of the molecule is CCCc1nc(C2CCC(CN)CC2)n(Cc2ccc(-c3ccccc3-c3nnn[nH]3)cc2)n1. The molecule has 176 valence electrons. The summed E-state index contributed by atoms with van der Waals surface area (Å²) in [5, 5.41) is 19.3. The van der Waals surface area contributed by atoms with Crippen molar-refractivity contribution in [1.29, 1.82) is 0 Å². The molecule has 0 amide bonds. The average Bonchev–Trinajstić information content (AvgIpc) is 3.56. The van der Waals surface area contributed by atoms with Crippen LogP contribution in [0.2, 0.25) is 0 Å². The number of aromatic nitrogens is 7. The van der Waals surface area contributed by atoms with Gasteiger partial charge in [0.1, 0.15) is 5.82 Å². The van der Waals surface area contributed by atoms with Gasteiger partial charge >= 0.3 is 0 Å². The minimum atomic E-state index is 0.475. The molecule has 0 bridgehead atoms. The number of nitrogens with zero attached hydrogens (tertiary/aromatic N) is 6. The first kappa shape index (κ1) is 22.4. The lowest BCUT2D eigenvalue weighted by Gasteiger charge is -2.27. The van der Waals surface area contributed by atoms with Gasteiger partial charge in [-0.1, -0.05) is 55.5 Å². The molecule has 3 N–H and O–H groups in total. The van der Waals surface area contributed by atoms with Gasteiger partial charge in [-0.15, -0.1) is 5.10 Å². The van der Waals surface area contributed by atoms with Crippen molar-refractivity contribution in [3.63, 3.8) is 0 Å². The van der Waals surface area contributed by atoms with Gasteiger partial charge in [0.25, 0.3) is 0 Å². The summed E-state index contributed by atoms with van der Waals surface area (Å²) in [6.07, 6.45) is 6.65. The highest BCUT2D eigenvalue weighted by Gasteiger charge is 2.26. The maximum absolute atomic E-state index is 5.91. The van der Waals surface area contributed by atoms with E-state index < -0.39 is 0 Å². The fourth-order valence-electron chi connectivity index (χ4n) is 4.98. The third kappa shape index (κ3) is 4.77. The van der Waals surface area contributed by atoms with Gasteiger partial charge in [-0.3, -0.25) is 0 Å². The number of hydrogen-bond acceptors (Lipinski definition) is 6. The highest BCUT2D eigenvalue weighted by molar-refractivity contribution is 5.80. The van der Waals surface area contributed by atoms with Gasteiger partial charge in [-0.25, -0.2) is 14.8 Å². The number of H-pyrrole nitrogens is 1. The van der Waals surface area contributed by atoms with Gasteiger partial charge < -0.3 is 5.73 Å². The van der Waals surface area contributed by atoms with Gasteiger partial charge in [0.05, 0.1) is 6.54 Å². The number of nitrogens with two attached hydrogens (primary N) is 1. The maximum atomic E-state index is 5.91. The Labute approximate surface area is 200 Å². The Hall–Kier alpha value is -3.39. The summed E-state index contributed by atoms with van der Waals surface area (Å²) >= 11 is 0. The highest BCUT2D eigenvalue weighted by atomic mass is 15.5. The smallest absolute Gasteiger partial charge is 0.180 e. The van der Waals surface area contributed by atoms with E-state index in [-0.39, 0.29) is 0 Å². The summed E-state index contributed by atoms with van der Waals surface area (Å²) in [4.78, 5) is 4.97. The third-order valence-electron chi connectivity index (χ3n) is 6.89. The monoisotopic (exact) mass is 456 g/mol. The van der Waals surface area contributed by atoms with E-state index in [2.05, 4.69) is 62.6 Å². The number of hydrogen-bond donors (Lipinski definition) is 2. The van der Waals surface area contributed by atoms with Gasteiger partial charge in [0, 0.05) is 17.9 Å². The van der Waals surface area contributed by atoms with Crippen molar-refractivity contribution < 1.29 is 0 Å². The summed E-state index contributed by atoms with van der Waals surface area (Å²) in [6.45, 7) is 3.71. The Kier molecular flexibility index (Phi) is 6.76. The molecule has 0 atom stereocenters. The quantitative estimate of drug-likeness (QED) is 0.407. The minimum absolute atomic E-state index is 0.475. The lowest BCUT2D eigenvalue weighted by Crippen LogP contribution is -2.22. The highest BCUT2D eigenvalue weighted by Crippen LogP contribution is 2.35. The van der Waals surface area contributed by atoms with Gasteiger partial charge in [-0.2, -0.15) is 5.10 Å². The Morgan fingerprint density at radius 2 is 1.76 bits per heavy atom. The molecule has 1 aliphatic rings. The zero-order valence-corrected chi connectivity index (χ0v) is 19.7. The van der Waals surface area contributed by atoms with E-state index in [1.807, 2.05) is 18.2 Å². The fourth-order valence-corrected chi connectivity index (χ4v) is 4.98. The zero-order valence-electron chi connectivity index (χ0n) is 19.7. The standard InChI is InChI=1S/C26H32N8/c1-2-5-24-28-26(21-14-8-18(16-27)9-15-21)34(31-24)17-19-10-12-20(13-11-19)22-6-3-4-7-23(22)25-29-32-33-30-25/h3-4,6-7,10-13,18,21H,2,5,8-9,14-17,27H2,1H3,(H,29,30,32,33). The molecular formula is C26H32N8. The second-order valence-electron chi connectivity index (χ2n) is 9.24. The summed E-state index contributed by atoms with van der Waals surface area (Å²) in [5.74, 6) is 3.91. The Balaban J connectivity index is 1.38. The molecule has 2 heterocycles. The maximum Gasteiger partial charge on any atom is 0.180 e. The summed E-state index contributed by atoms with van der Waals surface area (Å²) in [6, 6.07) is 16.8. The number of benzene rings is 2. The predicted octanol–water partition coefficient (Wildman–Crippen LogP) is 4.36. The van der Waals surface area contributed by atoms with E-state index in [9.17, 15) is 0 Å². The Morgan fingerprint density at radius 3 is 2.44 bits per heavy atom. The van der Waals surface area contributed by atoms with Crippen LogP contribution in [-0.4, -0.2) is 41.9 Å². The van der Waals surface area contributed by atoms with Crippen molar-refractivity contribution in [3.8, 4) is 22.5 Å². The van der Waals surface area contributed by atoms with Crippen LogP contribution in [0.25, 0.3) is 22.5 Å². The first-order valence-corrected chi connectivity index (χ1v) is 12.3. The molecule has 0 saturated heterocycles. The van der Waals surface area contributed by atoms with Crippen LogP contribution in [0.3, 0.4) is 0 Å². The van der Waals surface area contributed by atoms with Gasteiger partial charge in [0.2, 0.25) is 0 Å². The number of aryl methyl sites for hydroxylation is 1. The molecule has 2 aromatic carbocycles. The molecular weight excluding hydrogens is 424 g/mol. The normalized spacial score (nSPS) is 18.3. The summed E-state index contributed by atoms with van der Waals surface area (Å²) in [7, 11) is 0. The van der Waals surface area contributed by atoms with Crippen LogP contribution in [0, 0.1) is 5.92 Å². The summed E-state index contributed by atoms with van der Waals surface area (Å²) in [5.41, 5.74) is 10.3. The van der Waals surface area contributed by atoms with E-state index in [1.165, 1.54) is 18.4 Å². The lowest BCUT2D eigenvalue weighted by molar-refractivity contribution is 0.319. The van der Waals surface area contributed by atoms with Crippen molar-refractivity contribution in [1.82, 2.24) is 35.4 Å². The van der Waals surface area contributed by atoms with Gasteiger partial charge in [0.15, 0.2) is 11.6 Å². The van der Waals surface area contributed by atoms with Crippen LogP contribution in [0.4, 0.5) is 0 Å². The molecule has 2 aromatic heterocycles. The van der Waals surface area contributed by atoms with E-state index in [0.29, 0.717) is 17.7 Å². The van der Waals surface area contributed by atoms with Crippen LogP contribution >= 0.6 is 0 Å². The van der Waals surface area contributed by atoms with Crippen molar-refractivity contribution in [2.24, 2.45) is 11.7 Å². The van der Waals surface area contributed by atoms with E-state index in [1.54, 1.807) is 0 Å². The minimum Gasteiger partial charge on any atom is -0.330 e. The second kappa shape index (κ2) is 10.3. The molecule has 1 aliphatic carbocycles. The first-order valence-electron chi connectivity index (χ1n) is 12.3. The first-order chi connectivity index (χ1) is 16.7. The summed E-state index contributed by atoms with van der Waals surface area (Å²) < 4.78 is 2.14. The van der Waals surface area contributed by atoms with Crippen LogP contribution in [-0.2, 0) is 13.0 Å². The average molecular weight is 457 g/mol. The van der Waals surface area contributed by atoms with Crippen molar-refractivity contribution in [2.75, 3.05) is 6.54 Å². The largest absolute Gasteiger partial charge is 0.330 e. The topological polar surface area (TPSA) is 111 Å². The van der Waals surface area contributed by atoms with E-state index >= 15 is 0 Å². The molecule has 0 aliphatic heterocycles. The van der Waals surface area contributed by atoms with Gasteiger partial charge in [-0.05, 0) is 71.7 Å². The molecule has 5 rings (SSSR count). The molecule has 1 fully saturated rings. The number of tetrazole rings is 1. The third-order valence-corrected chi connectivity index (χ3v) is 6.89. The second-order valence-corrected chi connectivity index (χ2v) is 9.24.